The standard InChI is InChI=1S/C21H25NO5/c1-21(2,3)27-20(25)22-13-18(19(23)24)16-9-11-17(12-10-16)26-14-15-7-5-4-6-8-15/h4-12,18H,13-14H2,1-3H3,(H,22,25)(H,23,24). The average Bonchev–Trinajstić information content (AvgIpc) is 2.60. The van der Waals surface area contributed by atoms with Gasteiger partial charge in [-0.05, 0) is 44.0 Å². The molecule has 27 heavy (non-hydrogen) atoms. The number of carboxylic acid groups (broad SMARTS) is 1. The summed E-state index contributed by atoms with van der Waals surface area (Å²) in [6, 6.07) is 16.6. The lowest BCUT2D eigenvalue weighted by atomic mass is 9.99. The molecular formula is C21H25NO5. The number of hydrogen-bond acceptors (Lipinski definition) is 4. The van der Waals surface area contributed by atoms with E-state index >= 15 is 0 Å². The minimum Gasteiger partial charge on any atom is -0.489 e. The molecule has 2 rings (SSSR count). The van der Waals surface area contributed by atoms with E-state index in [-0.39, 0.29) is 6.54 Å². The zero-order chi connectivity index (χ0) is 19.9. The summed E-state index contributed by atoms with van der Waals surface area (Å²) < 4.78 is 10.8. The van der Waals surface area contributed by atoms with Gasteiger partial charge in [-0.15, -0.1) is 0 Å². The van der Waals surface area contributed by atoms with Gasteiger partial charge in [-0.1, -0.05) is 42.5 Å². The monoisotopic (exact) mass is 371 g/mol. The molecular weight excluding hydrogens is 346 g/mol. The van der Waals surface area contributed by atoms with Crippen LogP contribution in [0.2, 0.25) is 0 Å². The predicted molar refractivity (Wildman–Crippen MR) is 102 cm³/mol. The molecule has 0 aliphatic rings. The van der Waals surface area contributed by atoms with Gasteiger partial charge in [0.15, 0.2) is 0 Å². The van der Waals surface area contributed by atoms with E-state index in [1.807, 2.05) is 30.3 Å². The first kappa shape index (κ1) is 20.3. The van der Waals surface area contributed by atoms with Gasteiger partial charge in [0.25, 0.3) is 0 Å². The van der Waals surface area contributed by atoms with Gasteiger partial charge in [-0.25, -0.2) is 4.79 Å². The number of alkyl carbamates (subject to hydrolysis) is 1. The average molecular weight is 371 g/mol. The van der Waals surface area contributed by atoms with Gasteiger partial charge in [0.2, 0.25) is 0 Å². The maximum atomic E-state index is 11.7. The molecule has 0 radical (unpaired) electrons. The van der Waals surface area contributed by atoms with Gasteiger partial charge in [0.1, 0.15) is 18.0 Å². The fourth-order valence-electron chi connectivity index (χ4n) is 2.38. The van der Waals surface area contributed by atoms with E-state index in [0.29, 0.717) is 17.9 Å². The summed E-state index contributed by atoms with van der Waals surface area (Å²) in [5, 5.41) is 12.0. The third-order valence-corrected chi connectivity index (χ3v) is 3.68. The van der Waals surface area contributed by atoms with Crippen molar-refractivity contribution < 1.29 is 24.2 Å². The lowest BCUT2D eigenvalue weighted by molar-refractivity contribution is -0.138. The van der Waals surface area contributed by atoms with Crippen LogP contribution in [0.4, 0.5) is 4.79 Å². The van der Waals surface area contributed by atoms with E-state index < -0.39 is 23.6 Å². The van der Waals surface area contributed by atoms with Crippen LogP contribution in [-0.4, -0.2) is 29.3 Å². The quantitative estimate of drug-likeness (QED) is 0.769. The highest BCUT2D eigenvalue weighted by molar-refractivity contribution is 5.77. The Bertz CT molecular complexity index is 750. The number of hydrogen-bond donors (Lipinski definition) is 2. The Morgan fingerprint density at radius 2 is 1.67 bits per heavy atom. The SMILES string of the molecule is CC(C)(C)OC(=O)NCC(C(=O)O)c1ccc(OCc2ccccc2)cc1. The van der Waals surface area contributed by atoms with Crippen LogP contribution in [0.3, 0.4) is 0 Å². The summed E-state index contributed by atoms with van der Waals surface area (Å²) in [7, 11) is 0. The Hall–Kier alpha value is -3.02. The minimum atomic E-state index is -1.02. The number of carbonyl (C=O) groups is 2. The van der Waals surface area contributed by atoms with Crippen molar-refractivity contribution in [3.63, 3.8) is 0 Å². The smallest absolute Gasteiger partial charge is 0.407 e. The Labute approximate surface area is 159 Å². The van der Waals surface area contributed by atoms with E-state index in [2.05, 4.69) is 5.32 Å². The van der Waals surface area contributed by atoms with Gasteiger partial charge < -0.3 is 19.9 Å². The number of aliphatic carboxylic acids is 1. The third kappa shape index (κ3) is 7.01. The maximum absolute atomic E-state index is 11.7. The van der Waals surface area contributed by atoms with E-state index in [1.165, 1.54) is 0 Å². The molecule has 0 aliphatic carbocycles. The van der Waals surface area contributed by atoms with Crippen LogP contribution < -0.4 is 10.1 Å². The van der Waals surface area contributed by atoms with Gasteiger partial charge in [0, 0.05) is 6.54 Å². The van der Waals surface area contributed by atoms with Crippen LogP contribution in [0, 0.1) is 0 Å². The molecule has 0 saturated carbocycles. The highest BCUT2D eigenvalue weighted by Crippen LogP contribution is 2.21. The maximum Gasteiger partial charge on any atom is 0.407 e. The summed E-state index contributed by atoms with van der Waals surface area (Å²) >= 11 is 0. The molecule has 0 aromatic heterocycles. The number of ether oxygens (including phenoxy) is 2. The van der Waals surface area contributed by atoms with E-state index in [4.69, 9.17) is 9.47 Å². The van der Waals surface area contributed by atoms with Gasteiger partial charge >= 0.3 is 12.1 Å². The van der Waals surface area contributed by atoms with Crippen molar-refractivity contribution in [3.8, 4) is 5.75 Å². The van der Waals surface area contributed by atoms with E-state index in [9.17, 15) is 14.7 Å². The third-order valence-electron chi connectivity index (χ3n) is 3.68. The van der Waals surface area contributed by atoms with Crippen LogP contribution in [0.1, 0.15) is 37.8 Å². The topological polar surface area (TPSA) is 84.9 Å². The van der Waals surface area contributed by atoms with E-state index in [1.54, 1.807) is 45.0 Å². The fraction of sp³-hybridized carbons (Fsp3) is 0.333. The molecule has 0 heterocycles. The molecule has 2 aromatic rings. The van der Waals surface area contributed by atoms with Crippen molar-refractivity contribution >= 4 is 12.1 Å². The van der Waals surface area contributed by atoms with Crippen molar-refractivity contribution in [2.75, 3.05) is 6.54 Å². The number of benzene rings is 2. The summed E-state index contributed by atoms with van der Waals surface area (Å²) in [6.07, 6.45) is -0.642. The predicted octanol–water partition coefficient (Wildman–Crippen LogP) is 3.96. The second-order valence-corrected chi connectivity index (χ2v) is 7.12. The summed E-state index contributed by atoms with van der Waals surface area (Å²) in [5.74, 6) is -1.25. The lowest BCUT2D eigenvalue weighted by Gasteiger charge is -2.21. The number of nitrogens with one attached hydrogen (secondary N) is 1. The van der Waals surface area contributed by atoms with Crippen molar-refractivity contribution in [3.05, 3.63) is 65.7 Å². The Kier molecular flexibility index (Phi) is 6.82. The Morgan fingerprint density at radius 1 is 1.04 bits per heavy atom. The first-order valence-corrected chi connectivity index (χ1v) is 8.71. The van der Waals surface area contributed by atoms with Crippen LogP contribution in [0.5, 0.6) is 5.75 Å². The molecule has 1 atom stereocenters. The van der Waals surface area contributed by atoms with Crippen LogP contribution in [-0.2, 0) is 16.1 Å². The molecule has 144 valence electrons. The minimum absolute atomic E-state index is 0.0610. The van der Waals surface area contributed by atoms with Crippen molar-refractivity contribution in [1.82, 2.24) is 5.32 Å². The normalized spacial score (nSPS) is 12.1. The zero-order valence-electron chi connectivity index (χ0n) is 15.8. The number of carbonyl (C=O) groups excluding carboxylic acids is 1. The first-order chi connectivity index (χ1) is 12.7. The molecule has 1 amide bonds. The molecule has 2 aromatic carbocycles. The highest BCUT2D eigenvalue weighted by atomic mass is 16.6. The molecule has 0 saturated heterocycles. The molecule has 1 unspecified atom stereocenters. The number of amides is 1. The number of rotatable bonds is 7. The molecule has 0 bridgehead atoms. The van der Waals surface area contributed by atoms with Gasteiger partial charge in [-0.3, -0.25) is 4.79 Å². The molecule has 2 N–H and O–H groups in total. The van der Waals surface area contributed by atoms with Crippen molar-refractivity contribution in [2.24, 2.45) is 0 Å². The fourth-order valence-corrected chi connectivity index (χ4v) is 2.38. The van der Waals surface area contributed by atoms with Crippen LogP contribution in [0.25, 0.3) is 0 Å². The van der Waals surface area contributed by atoms with Crippen LogP contribution >= 0.6 is 0 Å². The Morgan fingerprint density at radius 3 is 2.22 bits per heavy atom. The summed E-state index contributed by atoms with van der Waals surface area (Å²) in [6.45, 7) is 5.61. The summed E-state index contributed by atoms with van der Waals surface area (Å²) in [5.41, 5.74) is 0.984. The number of carboxylic acids is 1. The second-order valence-electron chi connectivity index (χ2n) is 7.12. The molecule has 0 fully saturated rings. The van der Waals surface area contributed by atoms with Gasteiger partial charge in [0.05, 0.1) is 5.92 Å². The second kappa shape index (κ2) is 9.07. The lowest BCUT2D eigenvalue weighted by Crippen LogP contribution is -2.36. The van der Waals surface area contributed by atoms with E-state index in [0.717, 1.165) is 5.56 Å². The molecule has 6 nitrogen and oxygen atoms in total. The zero-order valence-corrected chi connectivity index (χ0v) is 15.8. The van der Waals surface area contributed by atoms with Crippen LogP contribution in [0.15, 0.2) is 54.6 Å². The van der Waals surface area contributed by atoms with Crippen molar-refractivity contribution in [1.29, 1.82) is 0 Å². The molecule has 0 aliphatic heterocycles. The largest absolute Gasteiger partial charge is 0.489 e. The summed E-state index contributed by atoms with van der Waals surface area (Å²) in [4.78, 5) is 23.3. The molecule has 6 heteroatoms. The van der Waals surface area contributed by atoms with Gasteiger partial charge in [-0.2, -0.15) is 0 Å². The molecule has 0 spiro atoms. The Balaban J connectivity index is 1.95. The first-order valence-electron chi connectivity index (χ1n) is 8.71. The van der Waals surface area contributed by atoms with Crippen molar-refractivity contribution in [2.45, 2.75) is 38.9 Å². The highest BCUT2D eigenvalue weighted by Gasteiger charge is 2.22.